The number of hydrogen-bond acceptors (Lipinski definition) is 4. The Labute approximate surface area is 95.4 Å². The molecule has 6 heteroatoms. The molecule has 5 nitrogen and oxygen atoms in total. The molecule has 0 rings (SSSR count). The Morgan fingerprint density at radius 1 is 1.40 bits per heavy atom. The van der Waals surface area contributed by atoms with Crippen LogP contribution in [-0.4, -0.2) is 28.7 Å². The highest BCUT2D eigenvalue weighted by molar-refractivity contribution is 5.85. The lowest BCUT2D eigenvalue weighted by Gasteiger charge is -2.19. The number of carbonyl (C=O) groups excluding carboxylic acids is 1. The van der Waals surface area contributed by atoms with Crippen LogP contribution in [0.25, 0.3) is 0 Å². The molecule has 15 heavy (non-hydrogen) atoms. The lowest BCUT2D eigenvalue weighted by molar-refractivity contribution is -0.155. The van der Waals surface area contributed by atoms with E-state index < -0.39 is 23.6 Å². The first-order chi connectivity index (χ1) is 6.22. The largest absolute Gasteiger partial charge is 0.480 e. The van der Waals surface area contributed by atoms with Crippen LogP contribution in [0.15, 0.2) is 0 Å². The second-order valence-electron chi connectivity index (χ2n) is 4.07. The summed E-state index contributed by atoms with van der Waals surface area (Å²) < 4.78 is 4.98. The van der Waals surface area contributed by atoms with E-state index in [1.807, 2.05) is 0 Å². The van der Waals surface area contributed by atoms with Gasteiger partial charge in [-0.3, -0.25) is 9.59 Å². The van der Waals surface area contributed by atoms with E-state index in [0.29, 0.717) is 0 Å². The van der Waals surface area contributed by atoms with Gasteiger partial charge in [-0.25, -0.2) is 0 Å². The van der Waals surface area contributed by atoms with Crippen molar-refractivity contribution in [2.45, 2.75) is 45.3 Å². The van der Waals surface area contributed by atoms with Gasteiger partial charge in [-0.15, -0.1) is 12.4 Å². The minimum absolute atomic E-state index is 0. The van der Waals surface area contributed by atoms with Crippen LogP contribution < -0.4 is 5.73 Å². The standard InChI is InChI=1S/C9H17NO4.ClH/c1-9(2,3)14-7(11)5-4-6(10)8(12)13;/h6H,4-5,10H2,1-3H3,(H,12,13);1H/t6-;/m0./s1. The van der Waals surface area contributed by atoms with Crippen molar-refractivity contribution >= 4 is 24.3 Å². The number of carboxylic acids is 1. The van der Waals surface area contributed by atoms with Crippen LogP contribution in [0.3, 0.4) is 0 Å². The first kappa shape index (κ1) is 16.6. The van der Waals surface area contributed by atoms with Crippen molar-refractivity contribution in [3.05, 3.63) is 0 Å². The van der Waals surface area contributed by atoms with Gasteiger partial charge in [0.15, 0.2) is 0 Å². The van der Waals surface area contributed by atoms with E-state index in [1.54, 1.807) is 20.8 Å². The van der Waals surface area contributed by atoms with Crippen LogP contribution >= 0.6 is 12.4 Å². The molecule has 0 aromatic heterocycles. The van der Waals surface area contributed by atoms with E-state index in [9.17, 15) is 9.59 Å². The van der Waals surface area contributed by atoms with Gasteiger partial charge in [0.2, 0.25) is 0 Å². The third-order valence-electron chi connectivity index (χ3n) is 1.40. The summed E-state index contributed by atoms with van der Waals surface area (Å²) in [5, 5.41) is 8.45. The molecule has 0 aromatic carbocycles. The summed E-state index contributed by atoms with van der Waals surface area (Å²) in [6.45, 7) is 5.26. The van der Waals surface area contributed by atoms with Crippen LogP contribution in [-0.2, 0) is 14.3 Å². The molecule has 1 atom stereocenters. The number of esters is 1. The average Bonchev–Trinajstić information content (AvgIpc) is 1.96. The van der Waals surface area contributed by atoms with Crippen LogP contribution in [0.1, 0.15) is 33.6 Å². The van der Waals surface area contributed by atoms with Crippen molar-refractivity contribution in [2.75, 3.05) is 0 Å². The molecule has 0 saturated carbocycles. The highest BCUT2D eigenvalue weighted by atomic mass is 35.5. The fraction of sp³-hybridized carbons (Fsp3) is 0.778. The van der Waals surface area contributed by atoms with Gasteiger partial charge in [0.05, 0.1) is 0 Å². The third-order valence-corrected chi connectivity index (χ3v) is 1.40. The summed E-state index contributed by atoms with van der Waals surface area (Å²) in [4.78, 5) is 21.4. The Balaban J connectivity index is 0. The zero-order valence-corrected chi connectivity index (χ0v) is 9.97. The molecule has 0 aliphatic rings. The van der Waals surface area contributed by atoms with Gasteiger partial charge in [0, 0.05) is 6.42 Å². The van der Waals surface area contributed by atoms with Crippen molar-refractivity contribution < 1.29 is 19.4 Å². The lowest BCUT2D eigenvalue weighted by Crippen LogP contribution is -2.31. The Hall–Kier alpha value is -0.810. The van der Waals surface area contributed by atoms with Gasteiger partial charge >= 0.3 is 11.9 Å². The fourth-order valence-corrected chi connectivity index (χ4v) is 0.789. The van der Waals surface area contributed by atoms with Gasteiger partial charge in [0.1, 0.15) is 11.6 Å². The smallest absolute Gasteiger partial charge is 0.320 e. The van der Waals surface area contributed by atoms with Gasteiger partial charge < -0.3 is 15.6 Å². The molecule has 3 N–H and O–H groups in total. The molecule has 90 valence electrons. The maximum Gasteiger partial charge on any atom is 0.320 e. The molecule has 0 bridgehead atoms. The number of hydrogen-bond donors (Lipinski definition) is 2. The second-order valence-corrected chi connectivity index (χ2v) is 4.07. The first-order valence-corrected chi connectivity index (χ1v) is 4.42. The highest BCUT2D eigenvalue weighted by Crippen LogP contribution is 2.09. The normalized spacial score (nSPS) is 12.5. The molecule has 0 heterocycles. The molecule has 0 aliphatic heterocycles. The van der Waals surface area contributed by atoms with E-state index in [-0.39, 0.29) is 25.2 Å². The van der Waals surface area contributed by atoms with Crippen LogP contribution in [0.4, 0.5) is 0 Å². The minimum atomic E-state index is -1.10. The molecule has 0 spiro atoms. The van der Waals surface area contributed by atoms with E-state index in [2.05, 4.69) is 0 Å². The fourth-order valence-electron chi connectivity index (χ4n) is 0.789. The zero-order valence-electron chi connectivity index (χ0n) is 9.15. The molecule has 0 aromatic rings. The quantitative estimate of drug-likeness (QED) is 0.713. The van der Waals surface area contributed by atoms with Crippen molar-refractivity contribution in [3.8, 4) is 0 Å². The van der Waals surface area contributed by atoms with E-state index in [1.165, 1.54) is 0 Å². The predicted octanol–water partition coefficient (Wildman–Crippen LogP) is 0.942. The molecule has 0 unspecified atom stereocenters. The Morgan fingerprint density at radius 2 is 1.87 bits per heavy atom. The summed E-state index contributed by atoms with van der Waals surface area (Å²) in [6.07, 6.45) is 0.134. The molecule has 0 aliphatic carbocycles. The minimum Gasteiger partial charge on any atom is -0.480 e. The van der Waals surface area contributed by atoms with Crippen molar-refractivity contribution in [1.82, 2.24) is 0 Å². The molecular formula is C9H18ClNO4. The topological polar surface area (TPSA) is 89.6 Å². The number of rotatable bonds is 4. The van der Waals surface area contributed by atoms with Crippen molar-refractivity contribution in [2.24, 2.45) is 5.73 Å². The Morgan fingerprint density at radius 3 is 2.20 bits per heavy atom. The molecule has 0 saturated heterocycles. The number of ether oxygens (including phenoxy) is 1. The van der Waals surface area contributed by atoms with Gasteiger partial charge in [-0.05, 0) is 27.2 Å². The Kier molecular flexibility index (Phi) is 7.35. The molecule has 0 fully saturated rings. The second kappa shape index (κ2) is 6.63. The van der Waals surface area contributed by atoms with Gasteiger partial charge in [-0.1, -0.05) is 0 Å². The maximum absolute atomic E-state index is 11.1. The van der Waals surface area contributed by atoms with E-state index in [0.717, 1.165) is 0 Å². The maximum atomic E-state index is 11.1. The number of aliphatic carboxylic acids is 1. The molecular weight excluding hydrogens is 222 g/mol. The first-order valence-electron chi connectivity index (χ1n) is 4.42. The van der Waals surface area contributed by atoms with Gasteiger partial charge in [0.25, 0.3) is 0 Å². The zero-order chi connectivity index (χ0) is 11.4. The van der Waals surface area contributed by atoms with Crippen LogP contribution in [0.5, 0.6) is 0 Å². The van der Waals surface area contributed by atoms with Crippen molar-refractivity contribution in [3.63, 3.8) is 0 Å². The van der Waals surface area contributed by atoms with Crippen molar-refractivity contribution in [1.29, 1.82) is 0 Å². The van der Waals surface area contributed by atoms with Crippen LogP contribution in [0, 0.1) is 0 Å². The summed E-state index contributed by atoms with van der Waals surface area (Å²) >= 11 is 0. The number of halogens is 1. The molecule has 0 radical (unpaired) electrons. The average molecular weight is 240 g/mol. The number of carboxylic acid groups (broad SMARTS) is 1. The predicted molar refractivity (Wildman–Crippen MR) is 57.9 cm³/mol. The summed E-state index contributed by atoms with van der Waals surface area (Å²) in [5.41, 5.74) is 4.68. The Bertz CT molecular complexity index is 225. The number of nitrogens with two attached hydrogens (primary N) is 1. The lowest BCUT2D eigenvalue weighted by atomic mass is 10.1. The SMILES string of the molecule is CC(C)(C)OC(=O)CC[C@H](N)C(=O)O.Cl. The number of carbonyl (C=O) groups is 2. The van der Waals surface area contributed by atoms with Gasteiger partial charge in [-0.2, -0.15) is 0 Å². The summed E-state index contributed by atoms with van der Waals surface area (Å²) in [5.74, 6) is -1.53. The monoisotopic (exact) mass is 239 g/mol. The summed E-state index contributed by atoms with van der Waals surface area (Å²) in [6, 6.07) is -0.998. The van der Waals surface area contributed by atoms with Crippen LogP contribution in [0.2, 0.25) is 0 Å². The molecule has 0 amide bonds. The highest BCUT2D eigenvalue weighted by Gasteiger charge is 2.18. The summed E-state index contributed by atoms with van der Waals surface area (Å²) in [7, 11) is 0. The van der Waals surface area contributed by atoms with E-state index >= 15 is 0 Å². The third kappa shape index (κ3) is 9.49. The van der Waals surface area contributed by atoms with E-state index in [4.69, 9.17) is 15.6 Å².